The number of carbonyl (C=O) groups is 2. The average molecular weight is 372 g/mol. The summed E-state index contributed by atoms with van der Waals surface area (Å²) in [5.41, 5.74) is 1.22. The van der Waals surface area contributed by atoms with E-state index in [2.05, 4.69) is 25.3 Å². The summed E-state index contributed by atoms with van der Waals surface area (Å²) in [6.07, 6.45) is 1.46. The fourth-order valence-electron chi connectivity index (χ4n) is 2.58. The Morgan fingerprint density at radius 2 is 1.78 bits per heavy atom. The number of rotatable bonds is 6. The topological polar surface area (TPSA) is 113 Å². The molecule has 2 aromatic heterocycles. The zero-order chi connectivity index (χ0) is 20.0. The van der Waals surface area contributed by atoms with E-state index < -0.39 is 23.5 Å². The molecule has 0 aliphatic carbocycles. The molecule has 8 nitrogen and oxygen atoms in total. The van der Waals surface area contributed by atoms with Crippen LogP contribution in [0, 0.1) is 6.92 Å². The molecule has 0 aromatic carbocycles. The highest BCUT2D eigenvalue weighted by Gasteiger charge is 2.29. The summed E-state index contributed by atoms with van der Waals surface area (Å²) < 4.78 is 4.55. The molecule has 144 valence electrons. The van der Waals surface area contributed by atoms with Gasteiger partial charge >= 0.3 is 6.09 Å². The Bertz CT molecular complexity index is 823. The molecule has 0 aliphatic heterocycles. The van der Waals surface area contributed by atoms with E-state index in [1.165, 1.54) is 7.11 Å². The summed E-state index contributed by atoms with van der Waals surface area (Å²) in [6, 6.07) is 7.00. The van der Waals surface area contributed by atoms with Gasteiger partial charge in [0.15, 0.2) is 0 Å². The smallest absolute Gasteiger partial charge is 0.412 e. The third-order valence-corrected chi connectivity index (χ3v) is 4.13. The maximum atomic E-state index is 12.3. The Morgan fingerprint density at radius 1 is 1.15 bits per heavy atom. The van der Waals surface area contributed by atoms with Gasteiger partial charge in [-0.05, 0) is 54.2 Å². The van der Waals surface area contributed by atoms with Crippen LogP contribution < -0.4 is 10.6 Å². The van der Waals surface area contributed by atoms with Crippen LogP contribution in [0.4, 0.5) is 16.4 Å². The lowest BCUT2D eigenvalue weighted by Crippen LogP contribution is -2.34. The van der Waals surface area contributed by atoms with Crippen molar-refractivity contribution < 1.29 is 19.4 Å². The van der Waals surface area contributed by atoms with E-state index in [0.717, 1.165) is 11.1 Å². The van der Waals surface area contributed by atoms with Crippen molar-refractivity contribution in [1.82, 2.24) is 9.97 Å². The van der Waals surface area contributed by atoms with E-state index in [0.29, 0.717) is 11.6 Å². The third kappa shape index (κ3) is 5.75. The van der Waals surface area contributed by atoms with E-state index >= 15 is 0 Å². The highest BCUT2D eigenvalue weighted by atomic mass is 16.5. The van der Waals surface area contributed by atoms with Crippen molar-refractivity contribution in [2.75, 3.05) is 17.7 Å². The first-order valence-electron chi connectivity index (χ1n) is 8.44. The maximum Gasteiger partial charge on any atom is 0.412 e. The molecule has 1 unspecified atom stereocenters. The zero-order valence-corrected chi connectivity index (χ0v) is 15.8. The molecule has 0 radical (unpaired) electrons. The number of hydrogen-bond donors (Lipinski definition) is 3. The summed E-state index contributed by atoms with van der Waals surface area (Å²) in [4.78, 5) is 31.7. The standard InChI is InChI=1S/C19H24N4O4/c1-12-5-7-20-15(9-12)22-17(25)14(24)11-19(2,3)13-6-8-21-16(10-13)23-18(26)27-4/h5-10,14,24H,11H2,1-4H3,(H,20,22,25)(H,21,23,26). The molecule has 2 amide bonds. The molecular formula is C19H24N4O4. The highest BCUT2D eigenvalue weighted by molar-refractivity contribution is 5.93. The first-order chi connectivity index (χ1) is 12.7. The molecule has 27 heavy (non-hydrogen) atoms. The van der Waals surface area contributed by atoms with Crippen LogP contribution >= 0.6 is 0 Å². The molecule has 2 rings (SSSR count). The second kappa shape index (κ2) is 8.59. The van der Waals surface area contributed by atoms with Gasteiger partial charge in [0.25, 0.3) is 5.91 Å². The number of nitrogens with one attached hydrogen (secondary N) is 2. The summed E-state index contributed by atoms with van der Waals surface area (Å²) >= 11 is 0. The lowest BCUT2D eigenvalue weighted by Gasteiger charge is -2.27. The zero-order valence-electron chi connectivity index (χ0n) is 15.8. The lowest BCUT2D eigenvalue weighted by atomic mass is 9.80. The molecule has 0 spiro atoms. The van der Waals surface area contributed by atoms with E-state index in [9.17, 15) is 14.7 Å². The summed E-state index contributed by atoms with van der Waals surface area (Å²) in [5.74, 6) is 0.198. The van der Waals surface area contributed by atoms with Crippen molar-refractivity contribution in [2.24, 2.45) is 0 Å². The fourth-order valence-corrected chi connectivity index (χ4v) is 2.58. The van der Waals surface area contributed by atoms with Crippen molar-refractivity contribution in [3.63, 3.8) is 0 Å². The van der Waals surface area contributed by atoms with Crippen LogP contribution in [-0.4, -0.2) is 40.3 Å². The van der Waals surface area contributed by atoms with Crippen molar-refractivity contribution in [3.05, 3.63) is 47.8 Å². The van der Waals surface area contributed by atoms with Crippen molar-refractivity contribution in [3.8, 4) is 0 Å². The van der Waals surface area contributed by atoms with Gasteiger partial charge in [0.05, 0.1) is 7.11 Å². The van der Waals surface area contributed by atoms with Gasteiger partial charge in [-0.15, -0.1) is 0 Å². The van der Waals surface area contributed by atoms with Crippen LogP contribution in [0.3, 0.4) is 0 Å². The SMILES string of the molecule is COC(=O)Nc1cc(C(C)(C)CC(O)C(=O)Nc2cc(C)ccn2)ccn1. The molecule has 0 saturated heterocycles. The number of anilines is 2. The summed E-state index contributed by atoms with van der Waals surface area (Å²) in [7, 11) is 1.27. The number of aromatic nitrogens is 2. The first kappa shape index (κ1) is 20.3. The van der Waals surface area contributed by atoms with E-state index in [1.54, 1.807) is 30.6 Å². The van der Waals surface area contributed by atoms with E-state index in [1.807, 2.05) is 26.8 Å². The number of pyridine rings is 2. The Morgan fingerprint density at radius 3 is 2.41 bits per heavy atom. The van der Waals surface area contributed by atoms with Gasteiger partial charge in [-0.25, -0.2) is 14.8 Å². The number of amides is 2. The monoisotopic (exact) mass is 372 g/mol. The van der Waals surface area contributed by atoms with Gasteiger partial charge in [-0.1, -0.05) is 13.8 Å². The Labute approximate surface area is 158 Å². The number of aliphatic hydroxyl groups excluding tert-OH is 1. The number of carbonyl (C=O) groups excluding carboxylic acids is 2. The van der Waals surface area contributed by atoms with Crippen LogP contribution in [0.15, 0.2) is 36.7 Å². The molecule has 8 heteroatoms. The van der Waals surface area contributed by atoms with Gasteiger partial charge in [-0.3, -0.25) is 10.1 Å². The highest BCUT2D eigenvalue weighted by Crippen LogP contribution is 2.29. The minimum Gasteiger partial charge on any atom is -0.453 e. The number of ether oxygens (including phenoxy) is 1. The minimum atomic E-state index is -1.23. The Hall–Kier alpha value is -3.00. The predicted molar refractivity (Wildman–Crippen MR) is 102 cm³/mol. The number of methoxy groups -OCH3 is 1. The second-order valence-corrected chi connectivity index (χ2v) is 6.86. The largest absolute Gasteiger partial charge is 0.453 e. The second-order valence-electron chi connectivity index (χ2n) is 6.86. The normalized spacial score (nSPS) is 12.2. The molecule has 0 bridgehead atoms. The molecule has 2 aromatic rings. The fraction of sp³-hybridized carbons (Fsp3) is 0.368. The molecule has 0 saturated carbocycles. The Balaban J connectivity index is 2.06. The van der Waals surface area contributed by atoms with Crippen LogP contribution in [0.1, 0.15) is 31.4 Å². The molecule has 0 fully saturated rings. The van der Waals surface area contributed by atoms with Crippen molar-refractivity contribution in [1.29, 1.82) is 0 Å². The van der Waals surface area contributed by atoms with Gasteiger partial charge in [-0.2, -0.15) is 0 Å². The quantitative estimate of drug-likeness (QED) is 0.718. The molecule has 3 N–H and O–H groups in total. The van der Waals surface area contributed by atoms with Crippen LogP contribution in [0.2, 0.25) is 0 Å². The van der Waals surface area contributed by atoms with Crippen LogP contribution in [0.25, 0.3) is 0 Å². The number of hydrogen-bond acceptors (Lipinski definition) is 6. The third-order valence-electron chi connectivity index (χ3n) is 4.13. The molecule has 2 heterocycles. The van der Waals surface area contributed by atoms with Gasteiger partial charge in [0.1, 0.15) is 17.7 Å². The van der Waals surface area contributed by atoms with E-state index in [4.69, 9.17) is 0 Å². The summed E-state index contributed by atoms with van der Waals surface area (Å²) in [6.45, 7) is 5.68. The van der Waals surface area contributed by atoms with Gasteiger partial charge in [0, 0.05) is 12.4 Å². The molecule has 0 aliphatic rings. The van der Waals surface area contributed by atoms with E-state index in [-0.39, 0.29) is 6.42 Å². The molecule has 1 atom stereocenters. The number of aliphatic hydroxyl groups is 1. The minimum absolute atomic E-state index is 0.173. The molecular weight excluding hydrogens is 348 g/mol. The van der Waals surface area contributed by atoms with Crippen LogP contribution in [-0.2, 0) is 14.9 Å². The number of nitrogens with zero attached hydrogens (tertiary/aromatic N) is 2. The predicted octanol–water partition coefficient (Wildman–Crippen LogP) is 2.63. The maximum absolute atomic E-state index is 12.3. The van der Waals surface area contributed by atoms with Crippen LogP contribution in [0.5, 0.6) is 0 Å². The lowest BCUT2D eigenvalue weighted by molar-refractivity contribution is -0.125. The van der Waals surface area contributed by atoms with Gasteiger partial charge < -0.3 is 15.2 Å². The summed E-state index contributed by atoms with van der Waals surface area (Å²) in [5, 5.41) is 15.5. The van der Waals surface area contributed by atoms with Crippen molar-refractivity contribution >= 4 is 23.6 Å². The average Bonchev–Trinajstić information content (AvgIpc) is 2.61. The first-order valence-corrected chi connectivity index (χ1v) is 8.44. The Kier molecular flexibility index (Phi) is 6.46. The number of aryl methyl sites for hydroxylation is 1. The van der Waals surface area contributed by atoms with Gasteiger partial charge in [0.2, 0.25) is 0 Å². The van der Waals surface area contributed by atoms with Crippen molar-refractivity contribution in [2.45, 2.75) is 38.7 Å².